The highest BCUT2D eigenvalue weighted by Crippen LogP contribution is 2.06. The van der Waals surface area contributed by atoms with Gasteiger partial charge in [-0.1, -0.05) is 5.92 Å². The SMILES string of the molecule is C#CCN(CC(=O)O)C(=O)CCn1cnc([N+](=O)[O-])c1. The van der Waals surface area contributed by atoms with Gasteiger partial charge in [0.15, 0.2) is 0 Å². The van der Waals surface area contributed by atoms with Crippen LogP contribution >= 0.6 is 0 Å². The van der Waals surface area contributed by atoms with Crippen LogP contribution in [0.2, 0.25) is 0 Å². The van der Waals surface area contributed by atoms with Gasteiger partial charge in [0.2, 0.25) is 12.2 Å². The van der Waals surface area contributed by atoms with Crippen molar-refractivity contribution in [2.75, 3.05) is 13.1 Å². The van der Waals surface area contributed by atoms with Gasteiger partial charge < -0.3 is 24.7 Å². The Morgan fingerprint density at radius 2 is 2.30 bits per heavy atom. The second-order valence-electron chi connectivity index (χ2n) is 3.82. The largest absolute Gasteiger partial charge is 0.480 e. The Labute approximate surface area is 114 Å². The molecule has 1 heterocycles. The molecule has 1 aromatic heterocycles. The fourth-order valence-corrected chi connectivity index (χ4v) is 1.45. The first-order valence-electron chi connectivity index (χ1n) is 5.53. The molecule has 20 heavy (non-hydrogen) atoms. The molecule has 1 amide bonds. The van der Waals surface area contributed by atoms with Gasteiger partial charge in [0.1, 0.15) is 12.7 Å². The van der Waals surface area contributed by atoms with Gasteiger partial charge in [-0.15, -0.1) is 6.42 Å². The van der Waals surface area contributed by atoms with Crippen LogP contribution in [0.15, 0.2) is 12.5 Å². The van der Waals surface area contributed by atoms with Crippen molar-refractivity contribution in [1.29, 1.82) is 0 Å². The number of aliphatic carboxylic acids is 1. The van der Waals surface area contributed by atoms with Crippen molar-refractivity contribution in [2.24, 2.45) is 0 Å². The first kappa shape index (κ1) is 15.2. The second kappa shape index (κ2) is 6.89. The van der Waals surface area contributed by atoms with Gasteiger partial charge in [-0.05, 0) is 9.91 Å². The number of carbonyl (C=O) groups excluding carboxylic acids is 1. The average Bonchev–Trinajstić information content (AvgIpc) is 2.84. The van der Waals surface area contributed by atoms with Crippen LogP contribution in [0.25, 0.3) is 0 Å². The molecule has 0 atom stereocenters. The molecule has 1 aromatic rings. The summed E-state index contributed by atoms with van der Waals surface area (Å²) in [5.74, 6) is 0.285. The van der Waals surface area contributed by atoms with E-state index >= 15 is 0 Å². The Balaban J connectivity index is 2.57. The highest BCUT2D eigenvalue weighted by molar-refractivity contribution is 5.81. The first-order valence-corrected chi connectivity index (χ1v) is 5.53. The van der Waals surface area contributed by atoms with Gasteiger partial charge in [0.05, 0.1) is 6.54 Å². The van der Waals surface area contributed by atoms with Gasteiger partial charge >= 0.3 is 11.8 Å². The molecule has 9 heteroatoms. The topological polar surface area (TPSA) is 119 Å². The molecule has 1 rings (SSSR count). The number of hydrogen-bond acceptors (Lipinski definition) is 5. The van der Waals surface area contributed by atoms with Crippen molar-refractivity contribution >= 4 is 17.7 Å². The minimum atomic E-state index is -1.16. The first-order chi connectivity index (χ1) is 9.43. The summed E-state index contributed by atoms with van der Waals surface area (Å²) in [6.07, 6.45) is 7.46. The molecule has 1 N–H and O–H groups in total. The van der Waals surface area contributed by atoms with E-state index in [0.29, 0.717) is 0 Å². The Hall–Kier alpha value is -2.89. The number of hydrogen-bond donors (Lipinski definition) is 1. The number of nitrogens with zero attached hydrogens (tertiary/aromatic N) is 4. The van der Waals surface area contributed by atoms with Crippen LogP contribution in [-0.4, -0.2) is 49.4 Å². The van der Waals surface area contributed by atoms with Gasteiger partial charge in [-0.2, -0.15) is 0 Å². The number of carboxylic acid groups (broad SMARTS) is 1. The Bertz CT molecular complexity index is 559. The second-order valence-corrected chi connectivity index (χ2v) is 3.82. The summed E-state index contributed by atoms with van der Waals surface area (Å²) in [6.45, 7) is -0.428. The Morgan fingerprint density at radius 3 is 2.80 bits per heavy atom. The molecular formula is C11H12N4O5. The van der Waals surface area contributed by atoms with Gasteiger partial charge in [0, 0.05) is 13.0 Å². The maximum absolute atomic E-state index is 11.8. The summed E-state index contributed by atoms with van der Waals surface area (Å²) < 4.78 is 1.38. The number of carbonyl (C=O) groups is 2. The molecule has 9 nitrogen and oxygen atoms in total. The van der Waals surface area contributed by atoms with E-state index < -0.39 is 23.3 Å². The molecular weight excluding hydrogens is 268 g/mol. The van der Waals surface area contributed by atoms with Crippen LogP contribution in [0, 0.1) is 22.5 Å². The van der Waals surface area contributed by atoms with E-state index in [0.717, 1.165) is 4.90 Å². The molecule has 0 radical (unpaired) electrons. The van der Waals surface area contributed by atoms with E-state index in [-0.39, 0.29) is 25.3 Å². The zero-order valence-corrected chi connectivity index (χ0v) is 10.4. The number of amides is 1. The van der Waals surface area contributed by atoms with E-state index in [4.69, 9.17) is 11.5 Å². The summed E-state index contributed by atoms with van der Waals surface area (Å²) in [4.78, 5) is 36.7. The molecule has 0 aromatic carbocycles. The number of aryl methyl sites for hydroxylation is 1. The highest BCUT2D eigenvalue weighted by Gasteiger charge is 2.16. The Morgan fingerprint density at radius 1 is 1.60 bits per heavy atom. The van der Waals surface area contributed by atoms with Crippen LogP contribution < -0.4 is 0 Å². The van der Waals surface area contributed by atoms with Gasteiger partial charge in [0.25, 0.3) is 0 Å². The quantitative estimate of drug-likeness (QED) is 0.417. The molecule has 0 spiro atoms. The van der Waals surface area contributed by atoms with Crippen LogP contribution in [0.4, 0.5) is 5.82 Å². The lowest BCUT2D eigenvalue weighted by Crippen LogP contribution is -2.36. The van der Waals surface area contributed by atoms with Crippen LogP contribution in [0.5, 0.6) is 0 Å². The molecule has 0 aliphatic carbocycles. The van der Waals surface area contributed by atoms with Crippen LogP contribution in [0.1, 0.15) is 6.42 Å². The number of imidazole rings is 1. The summed E-state index contributed by atoms with van der Waals surface area (Å²) >= 11 is 0. The number of terminal acetylenes is 1. The monoisotopic (exact) mass is 280 g/mol. The predicted octanol–water partition coefficient (Wildman–Crippen LogP) is -0.272. The maximum Gasteiger partial charge on any atom is 0.381 e. The third-order valence-corrected chi connectivity index (χ3v) is 2.35. The smallest absolute Gasteiger partial charge is 0.381 e. The normalized spacial score (nSPS) is 9.75. The fraction of sp³-hybridized carbons (Fsp3) is 0.364. The minimum absolute atomic E-state index is 0.0253. The zero-order chi connectivity index (χ0) is 15.1. The molecule has 0 aliphatic heterocycles. The Kier molecular flexibility index (Phi) is 5.22. The summed E-state index contributed by atoms with van der Waals surface area (Å²) in [6, 6.07) is 0. The summed E-state index contributed by atoms with van der Waals surface area (Å²) in [5.41, 5.74) is 0. The van der Waals surface area contributed by atoms with E-state index in [1.54, 1.807) is 0 Å². The van der Waals surface area contributed by atoms with Crippen molar-refractivity contribution in [1.82, 2.24) is 14.5 Å². The van der Waals surface area contributed by atoms with Gasteiger partial charge in [-0.25, -0.2) is 0 Å². The van der Waals surface area contributed by atoms with Crippen molar-refractivity contribution < 1.29 is 19.6 Å². The van der Waals surface area contributed by atoms with Gasteiger partial charge in [-0.3, -0.25) is 9.59 Å². The lowest BCUT2D eigenvalue weighted by Gasteiger charge is -2.17. The fourth-order valence-electron chi connectivity index (χ4n) is 1.45. The zero-order valence-electron chi connectivity index (χ0n) is 10.4. The maximum atomic E-state index is 11.8. The van der Waals surface area contributed by atoms with E-state index in [9.17, 15) is 19.7 Å². The lowest BCUT2D eigenvalue weighted by molar-refractivity contribution is -0.389. The molecule has 106 valence electrons. The number of aromatic nitrogens is 2. The van der Waals surface area contributed by atoms with E-state index in [1.165, 1.54) is 17.1 Å². The van der Waals surface area contributed by atoms with Crippen LogP contribution in [0.3, 0.4) is 0 Å². The lowest BCUT2D eigenvalue weighted by atomic mass is 10.3. The van der Waals surface area contributed by atoms with Crippen molar-refractivity contribution in [3.8, 4) is 12.3 Å². The molecule has 0 saturated carbocycles. The summed E-state index contributed by atoms with van der Waals surface area (Å²) in [5, 5.41) is 19.1. The predicted molar refractivity (Wildman–Crippen MR) is 66.5 cm³/mol. The highest BCUT2D eigenvalue weighted by atomic mass is 16.6. The minimum Gasteiger partial charge on any atom is -0.480 e. The summed E-state index contributed by atoms with van der Waals surface area (Å²) in [7, 11) is 0. The average molecular weight is 280 g/mol. The van der Waals surface area contributed by atoms with E-state index in [2.05, 4.69) is 10.9 Å². The van der Waals surface area contributed by atoms with Crippen molar-refractivity contribution in [2.45, 2.75) is 13.0 Å². The molecule has 0 aliphatic rings. The molecule has 0 fully saturated rings. The van der Waals surface area contributed by atoms with Crippen molar-refractivity contribution in [3.63, 3.8) is 0 Å². The third kappa shape index (κ3) is 4.41. The number of carboxylic acids is 1. The standard InChI is InChI=1S/C11H12N4O5/c1-2-4-14(7-11(17)18)10(16)3-5-13-6-9(12-8-13)15(19)20/h1,6,8H,3-5,7H2,(H,17,18). The molecule has 0 saturated heterocycles. The number of nitro groups is 1. The van der Waals surface area contributed by atoms with Crippen molar-refractivity contribution in [3.05, 3.63) is 22.6 Å². The third-order valence-electron chi connectivity index (χ3n) is 2.35. The molecule has 0 bridgehead atoms. The number of rotatable bonds is 7. The van der Waals surface area contributed by atoms with Crippen LogP contribution in [-0.2, 0) is 16.1 Å². The molecule has 0 unspecified atom stereocenters. The van der Waals surface area contributed by atoms with E-state index in [1.807, 2.05) is 0 Å².